The monoisotopic (exact) mass is 422 g/mol. The van der Waals surface area contributed by atoms with Crippen LogP contribution in [0.15, 0.2) is 83.8 Å². The number of nitrogens with one attached hydrogen (secondary N) is 1. The minimum Gasteiger partial charge on any atom is -0.325 e. The Morgan fingerprint density at radius 3 is 2.07 bits per heavy atom. The van der Waals surface area contributed by atoms with Crippen LogP contribution in [0.2, 0.25) is 0 Å². The highest BCUT2D eigenvalue weighted by Crippen LogP contribution is 2.26. The van der Waals surface area contributed by atoms with E-state index in [0.717, 1.165) is 15.4 Å². The third-order valence-electron chi connectivity index (χ3n) is 4.80. The predicted octanol–water partition coefficient (Wildman–Crippen LogP) is 4.95. The first-order chi connectivity index (χ1) is 14.3. The largest absolute Gasteiger partial charge is 0.325 e. The average Bonchev–Trinajstić information content (AvgIpc) is 2.73. The maximum Gasteiger partial charge on any atom is 0.264 e. The summed E-state index contributed by atoms with van der Waals surface area (Å²) in [6.45, 7) is 5.71. The van der Waals surface area contributed by atoms with Gasteiger partial charge in [0.2, 0.25) is 5.91 Å². The molecule has 156 valence electrons. The lowest BCUT2D eigenvalue weighted by atomic mass is 10.0. The Morgan fingerprint density at radius 2 is 1.50 bits per heavy atom. The summed E-state index contributed by atoms with van der Waals surface area (Å²) in [4.78, 5) is 12.8. The summed E-state index contributed by atoms with van der Waals surface area (Å²) in [5, 5.41) is 2.76. The Labute approximate surface area is 178 Å². The quantitative estimate of drug-likeness (QED) is 0.586. The van der Waals surface area contributed by atoms with E-state index in [1.807, 2.05) is 25.1 Å². The van der Waals surface area contributed by atoms with Crippen LogP contribution in [0.4, 0.5) is 11.4 Å². The van der Waals surface area contributed by atoms with Crippen molar-refractivity contribution in [2.45, 2.75) is 31.6 Å². The highest BCUT2D eigenvalue weighted by atomic mass is 32.2. The fourth-order valence-electron chi connectivity index (χ4n) is 3.03. The number of hydrogen-bond acceptors (Lipinski definition) is 3. The van der Waals surface area contributed by atoms with E-state index < -0.39 is 15.9 Å². The van der Waals surface area contributed by atoms with Gasteiger partial charge in [-0.1, -0.05) is 61.9 Å². The molecule has 0 unspecified atom stereocenters. The number of carbonyl (C=O) groups is 1. The van der Waals surface area contributed by atoms with Gasteiger partial charge < -0.3 is 5.32 Å². The smallest absolute Gasteiger partial charge is 0.264 e. The molecule has 0 spiro atoms. The minimum absolute atomic E-state index is 0.147. The van der Waals surface area contributed by atoms with Crippen molar-refractivity contribution >= 4 is 27.3 Å². The molecule has 0 heterocycles. The SMILES string of the molecule is Cc1ccc(S(=O)(=O)N(CC(=O)Nc2ccccc2)c2ccc(C(C)C)cc2)cc1. The Balaban J connectivity index is 1.95. The number of hydrogen-bond donors (Lipinski definition) is 1. The summed E-state index contributed by atoms with van der Waals surface area (Å²) >= 11 is 0. The van der Waals surface area contributed by atoms with Gasteiger partial charge in [-0.25, -0.2) is 8.42 Å². The van der Waals surface area contributed by atoms with Gasteiger partial charge >= 0.3 is 0 Å². The zero-order valence-corrected chi connectivity index (χ0v) is 18.2. The Bertz CT molecular complexity index is 1090. The topological polar surface area (TPSA) is 66.5 Å². The van der Waals surface area contributed by atoms with Gasteiger partial charge in [0.15, 0.2) is 0 Å². The van der Waals surface area contributed by atoms with Crippen molar-refractivity contribution < 1.29 is 13.2 Å². The van der Waals surface area contributed by atoms with Crippen LogP contribution in [-0.4, -0.2) is 20.9 Å². The van der Waals surface area contributed by atoms with E-state index in [0.29, 0.717) is 17.3 Å². The summed E-state index contributed by atoms with van der Waals surface area (Å²) in [5.74, 6) is -0.0904. The van der Waals surface area contributed by atoms with Crippen LogP contribution in [0.3, 0.4) is 0 Å². The van der Waals surface area contributed by atoms with Crippen molar-refractivity contribution in [3.05, 3.63) is 90.0 Å². The molecule has 0 saturated carbocycles. The first-order valence-corrected chi connectivity index (χ1v) is 11.3. The number of anilines is 2. The van der Waals surface area contributed by atoms with E-state index in [4.69, 9.17) is 0 Å². The van der Waals surface area contributed by atoms with Gasteiger partial charge in [-0.05, 0) is 54.8 Å². The number of aryl methyl sites for hydroxylation is 1. The molecule has 6 heteroatoms. The van der Waals surface area contributed by atoms with Gasteiger partial charge in [0, 0.05) is 5.69 Å². The number of rotatable bonds is 7. The van der Waals surface area contributed by atoms with Crippen molar-refractivity contribution in [1.82, 2.24) is 0 Å². The Hall–Kier alpha value is -3.12. The highest BCUT2D eigenvalue weighted by Gasteiger charge is 2.27. The van der Waals surface area contributed by atoms with E-state index >= 15 is 0 Å². The lowest BCUT2D eigenvalue weighted by molar-refractivity contribution is -0.114. The number of para-hydroxylation sites is 1. The molecule has 3 aromatic rings. The molecule has 1 amide bonds. The molecule has 3 rings (SSSR count). The van der Waals surface area contributed by atoms with Gasteiger partial charge in [0.1, 0.15) is 6.54 Å². The zero-order valence-electron chi connectivity index (χ0n) is 17.4. The number of carbonyl (C=O) groups excluding carboxylic acids is 1. The van der Waals surface area contributed by atoms with Crippen LogP contribution < -0.4 is 9.62 Å². The summed E-state index contributed by atoms with van der Waals surface area (Å²) < 4.78 is 27.9. The van der Waals surface area contributed by atoms with E-state index in [9.17, 15) is 13.2 Å². The van der Waals surface area contributed by atoms with Crippen molar-refractivity contribution in [2.75, 3.05) is 16.2 Å². The standard InChI is InChI=1S/C24H26N2O3S/c1-18(2)20-11-13-22(14-12-20)26(17-24(27)25-21-7-5-4-6-8-21)30(28,29)23-15-9-19(3)10-16-23/h4-16,18H,17H2,1-3H3,(H,25,27). The molecular formula is C24H26N2O3S. The first kappa shape index (κ1) is 21.6. The van der Waals surface area contributed by atoms with Gasteiger partial charge in [0.25, 0.3) is 10.0 Å². The molecular weight excluding hydrogens is 396 g/mol. The highest BCUT2D eigenvalue weighted by molar-refractivity contribution is 7.92. The van der Waals surface area contributed by atoms with Gasteiger partial charge in [-0.15, -0.1) is 0 Å². The van der Waals surface area contributed by atoms with Crippen LogP contribution in [-0.2, 0) is 14.8 Å². The lowest BCUT2D eigenvalue weighted by Crippen LogP contribution is -2.38. The second-order valence-electron chi connectivity index (χ2n) is 7.49. The third kappa shape index (κ3) is 5.07. The second-order valence-corrected chi connectivity index (χ2v) is 9.35. The Morgan fingerprint density at radius 1 is 0.900 bits per heavy atom. The molecule has 0 aliphatic carbocycles. The molecule has 3 aromatic carbocycles. The van der Waals surface area contributed by atoms with E-state index in [1.54, 1.807) is 60.7 Å². The number of amides is 1. The summed E-state index contributed by atoms with van der Waals surface area (Å²) in [5.41, 5.74) is 3.12. The molecule has 0 aliphatic heterocycles. The summed E-state index contributed by atoms with van der Waals surface area (Å²) in [6.07, 6.45) is 0. The second kappa shape index (κ2) is 9.13. The molecule has 30 heavy (non-hydrogen) atoms. The zero-order chi connectivity index (χ0) is 21.7. The van der Waals surface area contributed by atoms with Crippen molar-refractivity contribution in [2.24, 2.45) is 0 Å². The maximum absolute atomic E-state index is 13.4. The van der Waals surface area contributed by atoms with Gasteiger partial charge in [-0.2, -0.15) is 0 Å². The fraction of sp³-hybridized carbons (Fsp3) is 0.208. The molecule has 0 saturated heterocycles. The van der Waals surface area contributed by atoms with E-state index in [2.05, 4.69) is 19.2 Å². The van der Waals surface area contributed by atoms with E-state index in [1.165, 1.54) is 0 Å². The minimum atomic E-state index is -3.92. The van der Waals surface area contributed by atoms with Crippen LogP contribution in [0.1, 0.15) is 30.9 Å². The van der Waals surface area contributed by atoms with E-state index in [-0.39, 0.29) is 11.4 Å². The number of nitrogens with zero attached hydrogens (tertiary/aromatic N) is 1. The number of sulfonamides is 1. The molecule has 0 bridgehead atoms. The van der Waals surface area contributed by atoms with Crippen LogP contribution in [0, 0.1) is 6.92 Å². The Kier molecular flexibility index (Phi) is 6.57. The maximum atomic E-state index is 13.4. The molecule has 0 aromatic heterocycles. The van der Waals surface area contributed by atoms with Gasteiger partial charge in [-0.3, -0.25) is 9.10 Å². The van der Waals surface area contributed by atoms with Crippen molar-refractivity contribution in [3.63, 3.8) is 0 Å². The normalized spacial score (nSPS) is 11.3. The average molecular weight is 423 g/mol. The summed E-state index contributed by atoms with van der Waals surface area (Å²) in [6, 6.07) is 22.9. The fourth-order valence-corrected chi connectivity index (χ4v) is 4.45. The number of benzene rings is 3. The third-order valence-corrected chi connectivity index (χ3v) is 6.59. The van der Waals surface area contributed by atoms with Crippen LogP contribution in [0.25, 0.3) is 0 Å². The van der Waals surface area contributed by atoms with Crippen LogP contribution >= 0.6 is 0 Å². The van der Waals surface area contributed by atoms with Crippen LogP contribution in [0.5, 0.6) is 0 Å². The predicted molar refractivity (Wildman–Crippen MR) is 121 cm³/mol. The van der Waals surface area contributed by atoms with Gasteiger partial charge in [0.05, 0.1) is 10.6 Å². The van der Waals surface area contributed by atoms with Crippen molar-refractivity contribution in [3.8, 4) is 0 Å². The molecule has 0 fully saturated rings. The molecule has 0 aliphatic rings. The molecule has 1 N–H and O–H groups in total. The first-order valence-electron chi connectivity index (χ1n) is 9.81. The van der Waals surface area contributed by atoms with Crippen molar-refractivity contribution in [1.29, 1.82) is 0 Å². The molecule has 0 radical (unpaired) electrons. The summed E-state index contributed by atoms with van der Waals surface area (Å²) in [7, 11) is -3.92. The lowest BCUT2D eigenvalue weighted by Gasteiger charge is -2.24. The molecule has 5 nitrogen and oxygen atoms in total. The molecule has 0 atom stereocenters.